The normalized spacial score (nSPS) is 15.9. The summed E-state index contributed by atoms with van der Waals surface area (Å²) in [5.41, 5.74) is 2.43. The van der Waals surface area contributed by atoms with Gasteiger partial charge < -0.3 is 20.0 Å². The summed E-state index contributed by atoms with van der Waals surface area (Å²) in [5.74, 6) is 0.137. The van der Waals surface area contributed by atoms with Crippen molar-refractivity contribution in [3.05, 3.63) is 69.3 Å². The third kappa shape index (κ3) is 4.69. The lowest BCUT2D eigenvalue weighted by molar-refractivity contribution is 0.0948. The van der Waals surface area contributed by atoms with Gasteiger partial charge in [-0.25, -0.2) is 9.18 Å². The molecule has 1 aromatic carbocycles. The van der Waals surface area contributed by atoms with Crippen LogP contribution in [-0.2, 0) is 6.54 Å². The maximum absolute atomic E-state index is 13.4. The van der Waals surface area contributed by atoms with Gasteiger partial charge in [0.05, 0.1) is 16.6 Å². The molecule has 0 bridgehead atoms. The molecule has 34 heavy (non-hydrogen) atoms. The number of halogens is 1. The summed E-state index contributed by atoms with van der Waals surface area (Å²) < 4.78 is 14.8. The molecule has 180 valence electrons. The average Bonchev–Trinajstić information content (AvgIpc) is 3.48. The van der Waals surface area contributed by atoms with Crippen LogP contribution >= 0.6 is 11.3 Å². The molecule has 1 aliphatic rings. The number of carbonyl (C=O) groups excluding carboxylic acids is 2. The van der Waals surface area contributed by atoms with Crippen molar-refractivity contribution in [2.24, 2.45) is 0 Å². The monoisotopic (exact) mass is 484 g/mol. The van der Waals surface area contributed by atoms with E-state index in [1.807, 2.05) is 30.3 Å². The summed E-state index contributed by atoms with van der Waals surface area (Å²) >= 11 is 1.36. The Hall–Kier alpha value is -3.24. The number of carbonyl (C=O) groups is 2. The second kappa shape index (κ2) is 9.94. The Balaban J connectivity index is 1.77. The number of aromatic nitrogens is 2. The van der Waals surface area contributed by atoms with Crippen molar-refractivity contribution < 1.29 is 14.0 Å². The van der Waals surface area contributed by atoms with Crippen molar-refractivity contribution in [1.82, 2.24) is 24.9 Å². The second-order valence-corrected chi connectivity index (χ2v) is 9.55. The number of hydrogen-bond donors (Lipinski definition) is 1. The maximum Gasteiger partial charge on any atom is 0.320 e. The highest BCUT2D eigenvalue weighted by Gasteiger charge is 2.35. The Bertz CT molecular complexity index is 1160. The molecular weight excluding hydrogens is 455 g/mol. The SMILES string of the molecule is Cc1c(C2CNCCN2C(=O)N(C)C)nn(C(=O)c2cccs2)c1N(C)Cc1ccc(F)cc1. The van der Waals surface area contributed by atoms with Crippen molar-refractivity contribution in [2.75, 3.05) is 45.7 Å². The molecule has 2 amide bonds. The van der Waals surface area contributed by atoms with E-state index >= 15 is 0 Å². The van der Waals surface area contributed by atoms with E-state index in [2.05, 4.69) is 5.32 Å². The van der Waals surface area contributed by atoms with E-state index < -0.39 is 0 Å². The fourth-order valence-electron chi connectivity index (χ4n) is 4.29. The molecule has 0 radical (unpaired) electrons. The van der Waals surface area contributed by atoms with Crippen LogP contribution in [0.25, 0.3) is 0 Å². The van der Waals surface area contributed by atoms with Crippen molar-refractivity contribution in [3.8, 4) is 0 Å². The minimum atomic E-state index is -0.306. The Morgan fingerprint density at radius 2 is 1.94 bits per heavy atom. The van der Waals surface area contributed by atoms with Crippen LogP contribution in [-0.4, -0.2) is 72.3 Å². The van der Waals surface area contributed by atoms with Crippen LogP contribution in [0.5, 0.6) is 0 Å². The van der Waals surface area contributed by atoms with Crippen LogP contribution in [0, 0.1) is 12.7 Å². The summed E-state index contributed by atoms with van der Waals surface area (Å²) in [4.78, 5) is 32.2. The van der Waals surface area contributed by atoms with E-state index in [4.69, 9.17) is 5.10 Å². The minimum absolute atomic E-state index is 0.0914. The highest BCUT2D eigenvalue weighted by atomic mass is 32.1. The molecule has 0 aliphatic carbocycles. The van der Waals surface area contributed by atoms with Crippen LogP contribution in [0.15, 0.2) is 41.8 Å². The van der Waals surface area contributed by atoms with Gasteiger partial charge in [0.2, 0.25) is 0 Å². The van der Waals surface area contributed by atoms with Crippen LogP contribution in [0.4, 0.5) is 15.0 Å². The minimum Gasteiger partial charge on any atom is -0.355 e. The standard InChI is InChI=1S/C24H29FN6O2S/c1-16-21(19-14-26-11-12-30(19)24(33)28(2)3)27-31(23(32)20-6-5-13-34-20)22(16)29(4)15-17-7-9-18(25)10-8-17/h5-10,13,19,26H,11-12,14-15H2,1-4H3. The van der Waals surface area contributed by atoms with E-state index in [9.17, 15) is 14.0 Å². The van der Waals surface area contributed by atoms with Crippen LogP contribution < -0.4 is 10.2 Å². The largest absolute Gasteiger partial charge is 0.355 e. The highest BCUT2D eigenvalue weighted by Crippen LogP contribution is 2.32. The number of rotatable bonds is 5. The molecule has 8 nitrogen and oxygen atoms in total. The van der Waals surface area contributed by atoms with Crippen LogP contribution in [0.1, 0.15) is 32.5 Å². The molecule has 3 aromatic rings. The zero-order valence-corrected chi connectivity index (χ0v) is 20.6. The second-order valence-electron chi connectivity index (χ2n) is 8.60. The third-order valence-corrected chi connectivity index (χ3v) is 6.79. The molecule has 1 atom stereocenters. The fraction of sp³-hybridized carbons (Fsp3) is 0.375. The van der Waals surface area contributed by atoms with Gasteiger partial charge in [-0.15, -0.1) is 11.3 Å². The number of hydrogen-bond acceptors (Lipinski definition) is 6. The summed E-state index contributed by atoms with van der Waals surface area (Å²) in [7, 11) is 5.35. The number of thiophene rings is 1. The number of urea groups is 1. The van der Waals surface area contributed by atoms with E-state index in [1.54, 1.807) is 42.1 Å². The summed E-state index contributed by atoms with van der Waals surface area (Å²) in [6, 6.07) is 9.52. The van der Waals surface area contributed by atoms with Gasteiger partial charge in [-0.3, -0.25) is 4.79 Å². The number of nitrogens with zero attached hydrogens (tertiary/aromatic N) is 5. The number of anilines is 1. The molecule has 3 heterocycles. The summed E-state index contributed by atoms with van der Waals surface area (Å²) in [5, 5.41) is 9.98. The van der Waals surface area contributed by atoms with Gasteiger partial charge >= 0.3 is 6.03 Å². The molecule has 1 unspecified atom stereocenters. The van der Waals surface area contributed by atoms with Gasteiger partial charge in [0.15, 0.2) is 0 Å². The first kappa shape index (κ1) is 23.9. The molecule has 1 saturated heterocycles. The number of benzene rings is 1. The molecule has 2 aromatic heterocycles. The Labute approximate surface area is 202 Å². The van der Waals surface area contributed by atoms with Gasteiger partial charge in [0, 0.05) is 52.9 Å². The van der Waals surface area contributed by atoms with Crippen LogP contribution in [0.2, 0.25) is 0 Å². The first-order valence-electron chi connectivity index (χ1n) is 11.1. The van der Waals surface area contributed by atoms with Gasteiger partial charge in [-0.05, 0) is 36.1 Å². The Morgan fingerprint density at radius 3 is 2.59 bits per heavy atom. The molecule has 10 heteroatoms. The molecule has 1 aliphatic heterocycles. The molecule has 0 spiro atoms. The van der Waals surface area contributed by atoms with E-state index in [1.165, 1.54) is 28.2 Å². The van der Waals surface area contributed by atoms with E-state index in [0.717, 1.165) is 11.1 Å². The van der Waals surface area contributed by atoms with Crippen molar-refractivity contribution in [1.29, 1.82) is 0 Å². The van der Waals surface area contributed by atoms with E-state index in [0.29, 0.717) is 42.6 Å². The smallest absolute Gasteiger partial charge is 0.320 e. The van der Waals surface area contributed by atoms with Gasteiger partial charge in [0.1, 0.15) is 11.6 Å². The number of amides is 2. The Morgan fingerprint density at radius 1 is 1.21 bits per heavy atom. The third-order valence-electron chi connectivity index (χ3n) is 5.93. The lowest BCUT2D eigenvalue weighted by atomic mass is 10.1. The van der Waals surface area contributed by atoms with Crippen LogP contribution in [0.3, 0.4) is 0 Å². The highest BCUT2D eigenvalue weighted by molar-refractivity contribution is 7.12. The summed E-state index contributed by atoms with van der Waals surface area (Å²) in [6.45, 7) is 4.19. The molecule has 4 rings (SSSR count). The predicted molar refractivity (Wildman–Crippen MR) is 131 cm³/mol. The Kier molecular flexibility index (Phi) is 6.99. The van der Waals surface area contributed by atoms with Crippen molar-refractivity contribution in [2.45, 2.75) is 19.5 Å². The van der Waals surface area contributed by atoms with Gasteiger partial charge in [0.25, 0.3) is 5.91 Å². The molecule has 1 N–H and O–H groups in total. The zero-order valence-electron chi connectivity index (χ0n) is 19.8. The van der Waals surface area contributed by atoms with Gasteiger partial charge in [-0.1, -0.05) is 18.2 Å². The topological polar surface area (TPSA) is 73.7 Å². The first-order valence-corrected chi connectivity index (χ1v) is 12.0. The van der Waals surface area contributed by atoms with Crippen molar-refractivity contribution in [3.63, 3.8) is 0 Å². The quantitative estimate of drug-likeness (QED) is 0.601. The fourth-order valence-corrected chi connectivity index (χ4v) is 4.94. The number of piperazine rings is 1. The molecule has 1 fully saturated rings. The summed E-state index contributed by atoms with van der Waals surface area (Å²) in [6.07, 6.45) is 0. The van der Waals surface area contributed by atoms with E-state index in [-0.39, 0.29) is 23.8 Å². The predicted octanol–water partition coefficient (Wildman–Crippen LogP) is 3.34. The van der Waals surface area contributed by atoms with Crippen molar-refractivity contribution >= 4 is 29.1 Å². The molecule has 0 saturated carbocycles. The first-order chi connectivity index (χ1) is 16.3. The average molecular weight is 485 g/mol. The number of nitrogens with one attached hydrogen (secondary N) is 1. The lowest BCUT2D eigenvalue weighted by Crippen LogP contribution is -2.52. The van der Waals surface area contributed by atoms with Gasteiger partial charge in [-0.2, -0.15) is 9.78 Å². The maximum atomic E-state index is 13.4. The molecular formula is C24H29FN6O2S. The lowest BCUT2D eigenvalue weighted by Gasteiger charge is -2.37. The zero-order chi connectivity index (χ0) is 24.4.